The molecule has 0 aliphatic carbocycles. The Morgan fingerprint density at radius 3 is 1.63 bits per heavy atom. The number of non-ortho nitro benzene ring substituents is 1. The maximum absolute atomic E-state index is 12.5. The van der Waals surface area contributed by atoms with E-state index in [-0.39, 0.29) is 157 Å². The number of azo groups is 4. The molecule has 10 rings (SSSR count). The SMILES string of the molecule is COc1ccc2c(c1)nc1c(C#N)c(C)c(N=Nc3cc(C)c(N=Nc4cc(Nc5nc(Nc6cccc(C)c6)nc(Nc6cc(C)ccc6SCCCS(=O)(=O)O)n5)c(N=Nc5cc(C)c(N=Nc6ccc([N+](=O)[O-])cc6S(=O)(=O)O)cc5SCCCS(=O)(=O)O)cc4SCCCS(=O)(=O)O)cc3OCCCS(=O)(=O)O)c(O)n12.O=CCCS(=O)OO.O=S(=O)=O. The largest absolute Gasteiger partial charge is 0.497 e. The van der Waals surface area contributed by atoms with Crippen LogP contribution in [-0.2, 0) is 81.4 Å². The predicted octanol–water partition coefficient (Wildman–Crippen LogP) is 15.3. The van der Waals surface area contributed by atoms with Crippen molar-refractivity contribution < 1.29 is 116 Å². The van der Waals surface area contributed by atoms with Gasteiger partial charge in [-0.25, -0.2) is 14.5 Å². The molecule has 10 aromatic rings. The first-order valence-corrected chi connectivity index (χ1v) is 49.4. The summed E-state index contributed by atoms with van der Waals surface area (Å²) in [4.78, 5) is 39.3. The Labute approximate surface area is 741 Å². The van der Waals surface area contributed by atoms with Crippen LogP contribution in [0.1, 0.15) is 65.5 Å². The molecule has 10 N–H and O–H groups in total. The van der Waals surface area contributed by atoms with Crippen LogP contribution in [0.15, 0.2) is 176 Å². The Morgan fingerprint density at radius 1 is 0.567 bits per heavy atom. The molecule has 1 unspecified atom stereocenters. The second-order valence-corrected chi connectivity index (χ2v) is 39.0. The van der Waals surface area contributed by atoms with Crippen molar-refractivity contribution in [2.75, 3.05) is 75.7 Å². The molecule has 0 saturated heterocycles. The van der Waals surface area contributed by atoms with Gasteiger partial charge in [-0.2, -0.15) is 72.5 Å². The maximum atomic E-state index is 12.5. The summed E-state index contributed by atoms with van der Waals surface area (Å²) in [5, 5.41) is 87.3. The Balaban J connectivity index is 0.00000155. The number of aromatic nitrogens is 5. The number of nitro groups is 1. The Kier molecular flexibility index (Phi) is 36.4. The van der Waals surface area contributed by atoms with Gasteiger partial charge in [0.15, 0.2) is 22.4 Å². The smallest absolute Gasteiger partial charge is 0.425 e. The molecule has 45 nitrogen and oxygen atoms in total. The highest BCUT2D eigenvalue weighted by molar-refractivity contribution is 8.00. The zero-order valence-electron chi connectivity index (χ0n) is 67.0. The number of rotatable bonds is 41. The fraction of sp³-hybridized carbons (Fsp3) is 0.278. The van der Waals surface area contributed by atoms with E-state index in [0.717, 1.165) is 46.8 Å². The highest BCUT2D eigenvalue weighted by Gasteiger charge is 2.26. The number of hydrogen-bond acceptors (Lipinski definition) is 41. The fourth-order valence-corrected chi connectivity index (χ4v) is 17.4. The number of carbonyl (C=O) groups is 1. The van der Waals surface area contributed by atoms with Gasteiger partial charge in [0.1, 0.15) is 57.1 Å². The molecule has 676 valence electrons. The van der Waals surface area contributed by atoms with Crippen molar-refractivity contribution in [1.82, 2.24) is 24.3 Å². The third-order valence-electron chi connectivity index (χ3n) is 16.7. The summed E-state index contributed by atoms with van der Waals surface area (Å²) in [6.07, 6.45) is 0.409. The molecule has 7 aromatic carbocycles. The van der Waals surface area contributed by atoms with Gasteiger partial charge in [0.25, 0.3) is 56.3 Å². The van der Waals surface area contributed by atoms with Crippen molar-refractivity contribution in [3.63, 3.8) is 0 Å². The molecular weight excluding hydrogens is 1870 g/mol. The summed E-state index contributed by atoms with van der Waals surface area (Å²) in [5.74, 6) is -2.47. The lowest BCUT2D eigenvalue weighted by Crippen LogP contribution is -2.08. The number of fused-ring (bicyclic) bond motifs is 3. The lowest BCUT2D eigenvalue weighted by atomic mass is 10.1. The number of nitrogens with one attached hydrogen (secondary N) is 3. The average molecular weight is 1950 g/mol. The zero-order valence-corrected chi connectivity index (χ0v) is 75.2. The minimum absolute atomic E-state index is 0.00172. The molecule has 0 aliphatic heterocycles. The van der Waals surface area contributed by atoms with Gasteiger partial charge in [-0.3, -0.25) is 37.3 Å². The van der Waals surface area contributed by atoms with Crippen LogP contribution < -0.4 is 25.4 Å². The van der Waals surface area contributed by atoms with E-state index in [0.29, 0.717) is 56.5 Å². The van der Waals surface area contributed by atoms with E-state index in [4.69, 9.17) is 57.7 Å². The van der Waals surface area contributed by atoms with Gasteiger partial charge in [0, 0.05) is 56.6 Å². The molecule has 0 radical (unpaired) electrons. The number of benzene rings is 7. The topological polar surface area (TPSA) is 683 Å². The third kappa shape index (κ3) is 31.8. The predicted molar refractivity (Wildman–Crippen MR) is 470 cm³/mol. The molecule has 3 heterocycles. The number of pyridine rings is 1. The normalized spacial score (nSPS) is 12.3. The van der Waals surface area contributed by atoms with Gasteiger partial charge in [0.05, 0.1) is 86.9 Å². The maximum Gasteiger partial charge on any atom is 0.425 e. The van der Waals surface area contributed by atoms with Crippen molar-refractivity contribution in [3.05, 3.63) is 159 Å². The van der Waals surface area contributed by atoms with Crippen LogP contribution in [0.4, 0.5) is 86.1 Å². The number of methoxy groups -OCH3 is 1. The highest BCUT2D eigenvalue weighted by Crippen LogP contribution is 2.47. The van der Waals surface area contributed by atoms with Crippen molar-refractivity contribution >= 4 is 217 Å². The summed E-state index contributed by atoms with van der Waals surface area (Å²) >= 11 is 1.65. The van der Waals surface area contributed by atoms with E-state index >= 15 is 0 Å². The number of ether oxygens (including phenoxy) is 2. The minimum atomic E-state index is -5.11. The Bertz CT molecular complexity index is 6750. The number of aryl methyl sites for hydroxylation is 4. The van der Waals surface area contributed by atoms with Crippen molar-refractivity contribution in [3.8, 4) is 23.4 Å². The van der Waals surface area contributed by atoms with E-state index < -0.39 is 122 Å². The number of imidazole rings is 1. The van der Waals surface area contributed by atoms with Crippen molar-refractivity contribution in [1.29, 1.82) is 5.26 Å². The van der Waals surface area contributed by atoms with Gasteiger partial charge in [-0.1, -0.05) is 18.2 Å². The summed E-state index contributed by atoms with van der Waals surface area (Å²) < 4.78 is 220. The molecule has 0 fully saturated rings. The van der Waals surface area contributed by atoms with Gasteiger partial charge in [-0.15, -0.1) is 82.9 Å². The standard InChI is InChI=1S/C69H70N18O20S8.C3H6O4S.O3S/c1-39-12-7-13-44(28-39)71-67-75-68(77-69(76-67)74-55-29-40(2)14-19-60(55)108-21-9-25-112(94,95)96)73-51-34-57(84-79-49-35-59(107-20-8-24-111(91,92)93)54(30-41(49)3)82-85-64-43(5)47(38-70)65-72-53-33-46(106-6)16-18-58(53)86(65)66(64)88)62(110-23-11-27-114(100,101)102)37-52(51)81-83-56-31-42(4)50(36-61(56)109-22-10-26-113(97,98)99)80-78-48-17-15-45(87(89)90)32-63(48)115(103,104)105;4-2-1-3-8(6)7-5;1-4(2)3/h7,12-19,28-37,88H,8-11,20-27H2,1-6H3,(H,91,92,93)(H,94,95,96)(H,97,98,99)(H,100,101,102)(H,103,104,105)(H3,71,73,74,75,76,77);2,5H,1,3H2;. The van der Waals surface area contributed by atoms with Crippen LogP contribution in [-0.4, -0.2) is 187 Å². The number of nitro benzene ring substituents is 1. The van der Waals surface area contributed by atoms with E-state index in [1.54, 1.807) is 56.3 Å². The number of aromatic hydroxyl groups is 1. The van der Waals surface area contributed by atoms with Gasteiger partial charge in [0.2, 0.25) is 23.7 Å². The molecule has 1 atom stereocenters. The summed E-state index contributed by atoms with van der Waals surface area (Å²) in [7, 11) is -24.4. The first-order chi connectivity index (χ1) is 59.8. The molecule has 0 amide bonds. The Hall–Kier alpha value is -11.4. The van der Waals surface area contributed by atoms with E-state index in [1.807, 2.05) is 32.0 Å². The lowest BCUT2D eigenvalue weighted by Gasteiger charge is -2.16. The molecule has 0 bridgehead atoms. The van der Waals surface area contributed by atoms with Crippen LogP contribution in [0.5, 0.6) is 17.4 Å². The summed E-state index contributed by atoms with van der Waals surface area (Å²) in [6.45, 7) is 8.10. The first kappa shape index (κ1) is 101. The summed E-state index contributed by atoms with van der Waals surface area (Å²) in [5.41, 5.74) is 3.46. The monoisotopic (exact) mass is 1940 g/mol. The van der Waals surface area contributed by atoms with E-state index in [2.05, 4.69) is 56.9 Å². The second-order valence-electron chi connectivity index (χ2n) is 26.4. The van der Waals surface area contributed by atoms with Crippen LogP contribution >= 0.6 is 35.3 Å². The van der Waals surface area contributed by atoms with Crippen LogP contribution in [0, 0.1) is 56.1 Å². The molecule has 0 spiro atoms. The van der Waals surface area contributed by atoms with Gasteiger partial charge >= 0.3 is 10.6 Å². The molecule has 0 saturated carbocycles. The number of nitrogens with zero attached hydrogens (tertiary/aromatic N) is 15. The first-order valence-electron chi connectivity index (χ1n) is 36.3. The fourth-order valence-electron chi connectivity index (χ4n) is 11.0. The van der Waals surface area contributed by atoms with Gasteiger partial charge < -0.3 is 35.3 Å². The van der Waals surface area contributed by atoms with Crippen LogP contribution in [0.25, 0.3) is 16.7 Å². The number of carbonyl (C=O) groups excluding carboxylic acids is 1. The molecule has 127 heavy (non-hydrogen) atoms. The second kappa shape index (κ2) is 45.8. The van der Waals surface area contributed by atoms with Crippen LogP contribution in [0.2, 0.25) is 0 Å². The number of nitriles is 1. The Morgan fingerprint density at radius 2 is 1.08 bits per heavy atom. The van der Waals surface area contributed by atoms with Crippen LogP contribution in [0.3, 0.4) is 0 Å². The lowest BCUT2D eigenvalue weighted by molar-refractivity contribution is -0.385. The molecule has 3 aromatic heterocycles. The highest BCUT2D eigenvalue weighted by atomic mass is 32.2. The quantitative estimate of drug-likeness (QED) is 0.00249. The molecular formula is C72H76N18O27S10. The third-order valence-corrected chi connectivity index (χ3v) is 25.0. The minimum Gasteiger partial charge on any atom is -0.497 e. The number of anilines is 6. The average Bonchev–Trinajstić information content (AvgIpc) is 1.59. The molecule has 0 aliphatic rings. The summed E-state index contributed by atoms with van der Waals surface area (Å²) in [6, 6.07) is 31.0. The zero-order chi connectivity index (χ0) is 93.3. The number of thioether (sulfide) groups is 3. The van der Waals surface area contributed by atoms with Crippen molar-refractivity contribution in [2.24, 2.45) is 40.9 Å². The van der Waals surface area contributed by atoms with E-state index in [1.165, 1.54) is 66.6 Å². The number of aldehydes is 1. The molecule has 55 heteroatoms. The van der Waals surface area contributed by atoms with E-state index in [9.17, 15) is 94.3 Å². The van der Waals surface area contributed by atoms with Gasteiger partial charge in [-0.05, 0) is 173 Å². The number of hydrogen-bond donors (Lipinski definition) is 10. The van der Waals surface area contributed by atoms with Crippen molar-refractivity contribution in [2.45, 2.75) is 86.3 Å².